The minimum atomic E-state index is -0.440. The Kier molecular flexibility index (Phi) is 5.24. The van der Waals surface area contributed by atoms with Gasteiger partial charge >= 0.3 is 0 Å². The Balaban J connectivity index is 1.83. The number of hydrogen-bond donors (Lipinski definition) is 0. The normalized spacial score (nSPS) is 16.0. The molecular formula is C18H13BrFNO3S. The highest BCUT2D eigenvalue weighted by Gasteiger charge is 2.35. The number of benzene rings is 2. The van der Waals surface area contributed by atoms with Crippen molar-refractivity contribution in [1.82, 2.24) is 4.90 Å². The van der Waals surface area contributed by atoms with Crippen molar-refractivity contribution in [3.05, 3.63) is 68.8 Å². The second-order valence-corrected chi connectivity index (χ2v) is 7.10. The highest BCUT2D eigenvalue weighted by molar-refractivity contribution is 9.10. The summed E-state index contributed by atoms with van der Waals surface area (Å²) in [7, 11) is 1.56. The molecule has 2 amide bonds. The molecule has 2 aromatic carbocycles. The largest absolute Gasteiger partial charge is 0.496 e. The number of thioether (sulfide) groups is 1. The molecule has 0 bridgehead atoms. The van der Waals surface area contributed by atoms with Gasteiger partial charge in [0.25, 0.3) is 11.1 Å². The summed E-state index contributed by atoms with van der Waals surface area (Å²) < 4.78 is 19.7. The predicted molar refractivity (Wildman–Crippen MR) is 98.6 cm³/mol. The molecule has 0 atom stereocenters. The molecule has 0 unspecified atom stereocenters. The van der Waals surface area contributed by atoms with E-state index in [1.807, 2.05) is 0 Å². The Morgan fingerprint density at radius 2 is 2.00 bits per heavy atom. The number of rotatable bonds is 4. The van der Waals surface area contributed by atoms with Crippen LogP contribution in [0.4, 0.5) is 9.18 Å². The lowest BCUT2D eigenvalue weighted by molar-refractivity contribution is -0.123. The van der Waals surface area contributed by atoms with Gasteiger partial charge in [0.05, 0.1) is 23.0 Å². The number of imide groups is 1. The third-order valence-corrected chi connectivity index (χ3v) is 5.16. The van der Waals surface area contributed by atoms with Gasteiger partial charge in [-0.2, -0.15) is 0 Å². The van der Waals surface area contributed by atoms with Crippen molar-refractivity contribution in [1.29, 1.82) is 0 Å². The first-order valence-electron chi connectivity index (χ1n) is 7.32. The van der Waals surface area contributed by atoms with E-state index in [0.717, 1.165) is 26.7 Å². The van der Waals surface area contributed by atoms with Crippen LogP contribution in [0.15, 0.2) is 51.8 Å². The second kappa shape index (κ2) is 7.41. The SMILES string of the molecule is COc1ccc(/C=C2/SC(=O)N(Cc3ccccc3F)C2=O)cc1Br. The van der Waals surface area contributed by atoms with Gasteiger partial charge in [-0.1, -0.05) is 24.3 Å². The van der Waals surface area contributed by atoms with Crippen molar-refractivity contribution in [3.8, 4) is 5.75 Å². The smallest absolute Gasteiger partial charge is 0.293 e. The van der Waals surface area contributed by atoms with Crippen LogP contribution >= 0.6 is 27.7 Å². The van der Waals surface area contributed by atoms with E-state index in [0.29, 0.717) is 16.2 Å². The zero-order valence-electron chi connectivity index (χ0n) is 13.2. The van der Waals surface area contributed by atoms with Crippen molar-refractivity contribution in [2.75, 3.05) is 7.11 Å². The predicted octanol–water partition coefficient (Wildman–Crippen LogP) is 4.83. The average Bonchev–Trinajstić information content (AvgIpc) is 2.84. The minimum Gasteiger partial charge on any atom is -0.496 e. The molecule has 1 saturated heterocycles. The van der Waals surface area contributed by atoms with E-state index in [-0.39, 0.29) is 6.54 Å². The number of carbonyl (C=O) groups excluding carboxylic acids is 2. The minimum absolute atomic E-state index is 0.0824. The van der Waals surface area contributed by atoms with Gasteiger partial charge < -0.3 is 4.74 Å². The molecule has 1 aliphatic rings. The maximum atomic E-state index is 13.8. The Hall–Kier alpha value is -2.12. The van der Waals surface area contributed by atoms with Gasteiger partial charge in [0.15, 0.2) is 0 Å². The van der Waals surface area contributed by atoms with E-state index in [4.69, 9.17) is 4.74 Å². The first-order valence-corrected chi connectivity index (χ1v) is 8.93. The van der Waals surface area contributed by atoms with Crippen LogP contribution in [0.25, 0.3) is 6.08 Å². The third-order valence-electron chi connectivity index (χ3n) is 3.63. The van der Waals surface area contributed by atoms with Crippen LogP contribution in [-0.2, 0) is 11.3 Å². The number of carbonyl (C=O) groups is 2. The van der Waals surface area contributed by atoms with Crippen molar-refractivity contribution in [2.24, 2.45) is 0 Å². The van der Waals surface area contributed by atoms with E-state index in [2.05, 4.69) is 15.9 Å². The first kappa shape index (κ1) is 17.7. The lowest BCUT2D eigenvalue weighted by Crippen LogP contribution is -2.27. The van der Waals surface area contributed by atoms with E-state index in [1.165, 1.54) is 6.07 Å². The standard InChI is InChI=1S/C18H13BrFNO3S/c1-24-15-7-6-11(8-13(15)19)9-16-17(22)21(18(23)25-16)10-12-4-2-3-5-14(12)20/h2-9H,10H2,1H3/b16-9+. The summed E-state index contributed by atoms with van der Waals surface area (Å²) in [4.78, 5) is 26.0. The van der Waals surface area contributed by atoms with Crippen LogP contribution in [0.2, 0.25) is 0 Å². The number of ether oxygens (including phenoxy) is 1. The summed E-state index contributed by atoms with van der Waals surface area (Å²) in [6, 6.07) is 11.4. The number of halogens is 2. The van der Waals surface area contributed by atoms with Crippen molar-refractivity contribution in [3.63, 3.8) is 0 Å². The fraction of sp³-hybridized carbons (Fsp3) is 0.111. The zero-order chi connectivity index (χ0) is 18.0. The van der Waals surface area contributed by atoms with Crippen LogP contribution in [-0.4, -0.2) is 23.2 Å². The molecule has 0 aromatic heterocycles. The summed E-state index contributed by atoms with van der Waals surface area (Å²) in [6.07, 6.45) is 1.64. The molecule has 0 saturated carbocycles. The van der Waals surface area contributed by atoms with Crippen molar-refractivity contribution >= 4 is 44.9 Å². The van der Waals surface area contributed by atoms with Crippen molar-refractivity contribution < 1.29 is 18.7 Å². The number of nitrogens with zero attached hydrogens (tertiary/aromatic N) is 1. The van der Waals surface area contributed by atoms with Crippen LogP contribution in [0.1, 0.15) is 11.1 Å². The average molecular weight is 422 g/mol. The molecule has 2 aromatic rings. The second-order valence-electron chi connectivity index (χ2n) is 5.25. The topological polar surface area (TPSA) is 46.6 Å². The number of amides is 2. The Morgan fingerprint density at radius 1 is 1.24 bits per heavy atom. The molecule has 0 radical (unpaired) electrons. The molecule has 3 rings (SSSR count). The molecule has 0 N–H and O–H groups in total. The maximum absolute atomic E-state index is 13.8. The van der Waals surface area contributed by atoms with E-state index >= 15 is 0 Å². The Morgan fingerprint density at radius 3 is 2.68 bits per heavy atom. The zero-order valence-corrected chi connectivity index (χ0v) is 15.6. The van der Waals surface area contributed by atoms with Crippen LogP contribution < -0.4 is 4.74 Å². The van der Waals surface area contributed by atoms with E-state index in [1.54, 1.807) is 49.6 Å². The van der Waals surface area contributed by atoms with Gasteiger partial charge in [0.2, 0.25) is 0 Å². The van der Waals surface area contributed by atoms with Crippen LogP contribution in [0, 0.1) is 5.82 Å². The highest BCUT2D eigenvalue weighted by atomic mass is 79.9. The monoisotopic (exact) mass is 421 g/mol. The quantitative estimate of drug-likeness (QED) is 0.663. The number of methoxy groups -OCH3 is 1. The highest BCUT2D eigenvalue weighted by Crippen LogP contribution is 2.34. The molecule has 25 heavy (non-hydrogen) atoms. The van der Waals surface area contributed by atoms with Gasteiger partial charge in [0, 0.05) is 5.56 Å². The molecule has 1 fully saturated rings. The lowest BCUT2D eigenvalue weighted by Gasteiger charge is -2.12. The molecule has 128 valence electrons. The molecule has 0 spiro atoms. The summed E-state index contributed by atoms with van der Waals surface area (Å²) in [6.45, 7) is -0.0824. The molecule has 4 nitrogen and oxygen atoms in total. The molecule has 1 heterocycles. The van der Waals surface area contributed by atoms with Crippen LogP contribution in [0.3, 0.4) is 0 Å². The first-order chi connectivity index (χ1) is 12.0. The Labute approximate surface area is 156 Å². The van der Waals surface area contributed by atoms with Gasteiger partial charge in [-0.3, -0.25) is 14.5 Å². The molecule has 0 aliphatic carbocycles. The fourth-order valence-electron chi connectivity index (χ4n) is 2.36. The fourth-order valence-corrected chi connectivity index (χ4v) is 3.75. The Bertz CT molecular complexity index is 884. The summed E-state index contributed by atoms with van der Waals surface area (Å²) in [5.74, 6) is -0.195. The molecular weight excluding hydrogens is 409 g/mol. The summed E-state index contributed by atoms with van der Waals surface area (Å²) >= 11 is 4.23. The lowest BCUT2D eigenvalue weighted by atomic mass is 10.2. The van der Waals surface area contributed by atoms with E-state index < -0.39 is 17.0 Å². The summed E-state index contributed by atoms with van der Waals surface area (Å²) in [5, 5.41) is -0.410. The van der Waals surface area contributed by atoms with Crippen molar-refractivity contribution in [2.45, 2.75) is 6.54 Å². The van der Waals surface area contributed by atoms with Gasteiger partial charge in [-0.25, -0.2) is 4.39 Å². The van der Waals surface area contributed by atoms with Gasteiger partial charge in [0.1, 0.15) is 11.6 Å². The van der Waals surface area contributed by atoms with E-state index in [9.17, 15) is 14.0 Å². The molecule has 7 heteroatoms. The van der Waals surface area contributed by atoms with Crippen LogP contribution in [0.5, 0.6) is 5.75 Å². The van der Waals surface area contributed by atoms with Gasteiger partial charge in [-0.05, 0) is 57.5 Å². The maximum Gasteiger partial charge on any atom is 0.293 e. The molecule has 1 aliphatic heterocycles. The summed E-state index contributed by atoms with van der Waals surface area (Å²) in [5.41, 5.74) is 1.06. The third kappa shape index (κ3) is 3.77. The number of hydrogen-bond acceptors (Lipinski definition) is 4. The van der Waals surface area contributed by atoms with Gasteiger partial charge in [-0.15, -0.1) is 0 Å².